The minimum Gasteiger partial charge on any atom is -0.354 e. The number of nitrogens with one attached hydrogen (secondary N) is 1. The van der Waals surface area contributed by atoms with Crippen LogP contribution in [0.2, 0.25) is 0 Å². The Kier molecular flexibility index (Phi) is 4.40. The molecule has 92 valence electrons. The van der Waals surface area contributed by atoms with Gasteiger partial charge in [-0.25, -0.2) is 0 Å². The molecule has 0 bridgehead atoms. The molecule has 0 aliphatic carbocycles. The summed E-state index contributed by atoms with van der Waals surface area (Å²) in [5, 5.41) is 7.94. The first kappa shape index (κ1) is 12.4. The lowest BCUT2D eigenvalue weighted by Crippen LogP contribution is -2.27. The number of rotatable bonds is 6. The SMILES string of the molecule is CCn1ccc(CNC(C)Cc2ccsc2)c1. The molecule has 2 heterocycles. The van der Waals surface area contributed by atoms with Crippen molar-refractivity contribution in [1.82, 2.24) is 9.88 Å². The van der Waals surface area contributed by atoms with E-state index < -0.39 is 0 Å². The van der Waals surface area contributed by atoms with Crippen LogP contribution in [0.5, 0.6) is 0 Å². The largest absolute Gasteiger partial charge is 0.354 e. The van der Waals surface area contributed by atoms with E-state index in [9.17, 15) is 0 Å². The fraction of sp³-hybridized carbons (Fsp3) is 0.429. The second-order valence-corrected chi connectivity index (χ2v) is 5.25. The summed E-state index contributed by atoms with van der Waals surface area (Å²) >= 11 is 1.77. The lowest BCUT2D eigenvalue weighted by atomic mass is 10.1. The average Bonchev–Trinajstić information content (AvgIpc) is 2.96. The van der Waals surface area contributed by atoms with Crippen LogP contribution in [0.1, 0.15) is 25.0 Å². The zero-order chi connectivity index (χ0) is 12.1. The molecule has 0 fully saturated rings. The Labute approximate surface area is 107 Å². The third-order valence-corrected chi connectivity index (χ3v) is 3.69. The molecule has 0 aliphatic rings. The van der Waals surface area contributed by atoms with Gasteiger partial charge in [0.2, 0.25) is 0 Å². The quantitative estimate of drug-likeness (QED) is 0.830. The number of thiophene rings is 1. The molecule has 0 amide bonds. The van der Waals surface area contributed by atoms with Crippen LogP contribution in [0.25, 0.3) is 0 Å². The van der Waals surface area contributed by atoms with Gasteiger partial charge in [-0.05, 0) is 54.3 Å². The zero-order valence-electron chi connectivity index (χ0n) is 10.5. The second-order valence-electron chi connectivity index (χ2n) is 4.47. The molecule has 2 rings (SSSR count). The predicted molar refractivity (Wildman–Crippen MR) is 74.4 cm³/mol. The molecule has 0 aromatic carbocycles. The van der Waals surface area contributed by atoms with Crippen LogP contribution in [0.4, 0.5) is 0 Å². The first-order valence-electron chi connectivity index (χ1n) is 6.17. The fourth-order valence-electron chi connectivity index (χ4n) is 1.92. The molecular weight excluding hydrogens is 228 g/mol. The Morgan fingerprint density at radius 3 is 2.88 bits per heavy atom. The Bertz CT molecular complexity index is 431. The summed E-state index contributed by atoms with van der Waals surface area (Å²) in [6.45, 7) is 6.41. The van der Waals surface area contributed by atoms with E-state index in [1.807, 2.05) is 0 Å². The van der Waals surface area contributed by atoms with Crippen molar-refractivity contribution >= 4 is 11.3 Å². The van der Waals surface area contributed by atoms with Gasteiger partial charge in [0, 0.05) is 31.5 Å². The molecule has 0 saturated carbocycles. The molecule has 0 radical (unpaired) electrons. The van der Waals surface area contributed by atoms with Crippen LogP contribution in [0, 0.1) is 0 Å². The van der Waals surface area contributed by atoms with Gasteiger partial charge in [0.25, 0.3) is 0 Å². The third-order valence-electron chi connectivity index (χ3n) is 2.95. The standard InChI is InChI=1S/C14H20N2S/c1-3-16-6-4-14(10-16)9-15-12(2)8-13-5-7-17-11-13/h4-7,10-12,15H,3,8-9H2,1-2H3. The smallest absolute Gasteiger partial charge is 0.0223 e. The maximum atomic E-state index is 3.57. The summed E-state index contributed by atoms with van der Waals surface area (Å²) in [4.78, 5) is 0. The number of hydrogen-bond donors (Lipinski definition) is 1. The van der Waals surface area contributed by atoms with Crippen LogP contribution in [0.3, 0.4) is 0 Å². The van der Waals surface area contributed by atoms with Gasteiger partial charge in [-0.15, -0.1) is 0 Å². The molecule has 0 spiro atoms. The monoisotopic (exact) mass is 248 g/mol. The molecule has 0 saturated heterocycles. The highest BCUT2D eigenvalue weighted by Crippen LogP contribution is 2.09. The Morgan fingerprint density at radius 1 is 1.35 bits per heavy atom. The molecule has 1 unspecified atom stereocenters. The molecule has 17 heavy (non-hydrogen) atoms. The van der Waals surface area contributed by atoms with Crippen LogP contribution >= 0.6 is 11.3 Å². The predicted octanol–water partition coefficient (Wildman–Crippen LogP) is 3.29. The summed E-state index contributed by atoms with van der Waals surface area (Å²) in [7, 11) is 0. The Hall–Kier alpha value is -1.06. The van der Waals surface area contributed by atoms with Crippen molar-refractivity contribution in [3.8, 4) is 0 Å². The summed E-state index contributed by atoms with van der Waals surface area (Å²) < 4.78 is 2.21. The Morgan fingerprint density at radius 2 is 2.24 bits per heavy atom. The number of aromatic nitrogens is 1. The van der Waals surface area contributed by atoms with E-state index >= 15 is 0 Å². The van der Waals surface area contributed by atoms with Crippen molar-refractivity contribution in [1.29, 1.82) is 0 Å². The first-order chi connectivity index (χ1) is 8.28. The van der Waals surface area contributed by atoms with Gasteiger partial charge in [0.05, 0.1) is 0 Å². The van der Waals surface area contributed by atoms with Gasteiger partial charge in [0.15, 0.2) is 0 Å². The summed E-state index contributed by atoms with van der Waals surface area (Å²) in [6.07, 6.45) is 5.46. The highest BCUT2D eigenvalue weighted by atomic mass is 32.1. The topological polar surface area (TPSA) is 17.0 Å². The minimum absolute atomic E-state index is 0.523. The molecule has 2 aromatic rings. The summed E-state index contributed by atoms with van der Waals surface area (Å²) in [5.74, 6) is 0. The average molecular weight is 248 g/mol. The highest BCUT2D eigenvalue weighted by Gasteiger charge is 2.04. The number of nitrogens with zero attached hydrogens (tertiary/aromatic N) is 1. The van der Waals surface area contributed by atoms with Crippen molar-refractivity contribution in [3.63, 3.8) is 0 Å². The molecule has 1 N–H and O–H groups in total. The van der Waals surface area contributed by atoms with Crippen molar-refractivity contribution < 1.29 is 0 Å². The van der Waals surface area contributed by atoms with Crippen LogP contribution in [-0.4, -0.2) is 10.6 Å². The summed E-state index contributed by atoms with van der Waals surface area (Å²) in [5.41, 5.74) is 2.80. The van der Waals surface area contributed by atoms with E-state index in [2.05, 4.69) is 59.0 Å². The summed E-state index contributed by atoms with van der Waals surface area (Å²) in [6, 6.07) is 4.92. The zero-order valence-corrected chi connectivity index (χ0v) is 11.3. The number of hydrogen-bond acceptors (Lipinski definition) is 2. The Balaban J connectivity index is 1.77. The molecule has 0 aliphatic heterocycles. The molecule has 2 nitrogen and oxygen atoms in total. The lowest BCUT2D eigenvalue weighted by Gasteiger charge is -2.12. The molecule has 2 aromatic heterocycles. The van der Waals surface area contributed by atoms with E-state index in [4.69, 9.17) is 0 Å². The fourth-order valence-corrected chi connectivity index (χ4v) is 2.60. The van der Waals surface area contributed by atoms with Gasteiger partial charge in [-0.2, -0.15) is 11.3 Å². The second kappa shape index (κ2) is 6.03. The van der Waals surface area contributed by atoms with Gasteiger partial charge < -0.3 is 9.88 Å². The van der Waals surface area contributed by atoms with Gasteiger partial charge in [-0.1, -0.05) is 0 Å². The van der Waals surface area contributed by atoms with Crippen LogP contribution in [-0.2, 0) is 19.5 Å². The van der Waals surface area contributed by atoms with E-state index in [0.29, 0.717) is 6.04 Å². The van der Waals surface area contributed by atoms with Crippen LogP contribution in [0.15, 0.2) is 35.3 Å². The van der Waals surface area contributed by atoms with Gasteiger partial charge >= 0.3 is 0 Å². The maximum Gasteiger partial charge on any atom is 0.0223 e. The van der Waals surface area contributed by atoms with E-state index in [1.54, 1.807) is 11.3 Å². The van der Waals surface area contributed by atoms with Crippen LogP contribution < -0.4 is 5.32 Å². The minimum atomic E-state index is 0.523. The van der Waals surface area contributed by atoms with Gasteiger partial charge in [-0.3, -0.25) is 0 Å². The van der Waals surface area contributed by atoms with Crippen molar-refractivity contribution in [2.24, 2.45) is 0 Å². The number of aryl methyl sites for hydroxylation is 1. The van der Waals surface area contributed by atoms with E-state index in [-0.39, 0.29) is 0 Å². The normalized spacial score (nSPS) is 12.8. The van der Waals surface area contributed by atoms with E-state index in [1.165, 1.54) is 11.1 Å². The maximum absolute atomic E-state index is 3.57. The molecule has 1 atom stereocenters. The highest BCUT2D eigenvalue weighted by molar-refractivity contribution is 7.07. The van der Waals surface area contributed by atoms with Crippen molar-refractivity contribution in [3.05, 3.63) is 46.4 Å². The lowest BCUT2D eigenvalue weighted by molar-refractivity contribution is 0.545. The van der Waals surface area contributed by atoms with Crippen molar-refractivity contribution in [2.45, 2.75) is 39.4 Å². The van der Waals surface area contributed by atoms with E-state index in [0.717, 1.165) is 19.5 Å². The molecule has 3 heteroatoms. The first-order valence-corrected chi connectivity index (χ1v) is 7.11. The third kappa shape index (κ3) is 3.72. The van der Waals surface area contributed by atoms with Crippen molar-refractivity contribution in [2.75, 3.05) is 0 Å². The molecular formula is C14H20N2S. The van der Waals surface area contributed by atoms with Gasteiger partial charge in [0.1, 0.15) is 0 Å².